The number of rotatable bonds is 5. The fourth-order valence-electron chi connectivity index (χ4n) is 1.19. The van der Waals surface area contributed by atoms with Gasteiger partial charge in [-0.05, 0) is 18.4 Å². The number of carbonyl (C=O) groups excluding carboxylic acids is 1. The lowest BCUT2D eigenvalue weighted by atomic mass is 10.2. The van der Waals surface area contributed by atoms with Crippen LogP contribution in [-0.4, -0.2) is 24.8 Å². The second kappa shape index (κ2) is 5.72. The molecule has 0 aliphatic carbocycles. The van der Waals surface area contributed by atoms with E-state index in [9.17, 15) is 9.90 Å². The van der Waals surface area contributed by atoms with Gasteiger partial charge >= 0.3 is 5.97 Å². The molecule has 1 heterocycles. The maximum absolute atomic E-state index is 11.1. The van der Waals surface area contributed by atoms with Crippen molar-refractivity contribution in [1.82, 2.24) is 0 Å². The van der Waals surface area contributed by atoms with Gasteiger partial charge in [-0.2, -0.15) is 0 Å². The lowest BCUT2D eigenvalue weighted by Gasteiger charge is -2.09. The number of hydrogen-bond acceptors (Lipinski definition) is 5. The number of esters is 1. The van der Waals surface area contributed by atoms with E-state index in [2.05, 4.69) is 0 Å². The first-order chi connectivity index (χ1) is 7.19. The molecule has 0 saturated heterocycles. The Morgan fingerprint density at radius 1 is 1.67 bits per heavy atom. The number of methoxy groups -OCH3 is 1. The van der Waals surface area contributed by atoms with Crippen molar-refractivity contribution in [2.75, 3.05) is 13.7 Å². The maximum Gasteiger partial charge on any atom is 0.308 e. The molecule has 1 aromatic rings. The van der Waals surface area contributed by atoms with Gasteiger partial charge < -0.3 is 14.6 Å². The second-order valence-corrected chi connectivity index (χ2v) is 3.83. The van der Waals surface area contributed by atoms with Crippen molar-refractivity contribution >= 4 is 17.3 Å². The Hall–Kier alpha value is -1.07. The zero-order chi connectivity index (χ0) is 11.3. The van der Waals surface area contributed by atoms with Crippen LogP contribution in [-0.2, 0) is 9.53 Å². The molecule has 0 aliphatic heterocycles. The van der Waals surface area contributed by atoms with Gasteiger partial charge in [-0.3, -0.25) is 4.79 Å². The minimum absolute atomic E-state index is 0.0370. The van der Waals surface area contributed by atoms with E-state index in [4.69, 9.17) is 9.47 Å². The summed E-state index contributed by atoms with van der Waals surface area (Å²) in [6, 6.07) is 1.76. The average Bonchev–Trinajstić information content (AvgIpc) is 2.65. The molecule has 0 fully saturated rings. The SMILES string of the molecule is CCOC(=O)CC(O)c1sccc1OC. The number of ether oxygens (including phenoxy) is 2. The van der Waals surface area contributed by atoms with Crippen molar-refractivity contribution in [2.24, 2.45) is 0 Å². The van der Waals surface area contributed by atoms with Gasteiger partial charge in [-0.15, -0.1) is 11.3 Å². The molecule has 0 aromatic carbocycles. The number of thiophene rings is 1. The lowest BCUT2D eigenvalue weighted by molar-refractivity contribution is -0.145. The zero-order valence-electron chi connectivity index (χ0n) is 8.73. The first kappa shape index (κ1) is 12.0. The highest BCUT2D eigenvalue weighted by Crippen LogP contribution is 2.32. The average molecular weight is 230 g/mol. The van der Waals surface area contributed by atoms with Crippen molar-refractivity contribution in [3.63, 3.8) is 0 Å². The molecule has 4 nitrogen and oxygen atoms in total. The predicted octanol–water partition coefficient (Wildman–Crippen LogP) is 1.74. The van der Waals surface area contributed by atoms with E-state index in [0.717, 1.165) is 0 Å². The normalized spacial score (nSPS) is 12.2. The molecule has 1 atom stereocenters. The summed E-state index contributed by atoms with van der Waals surface area (Å²) in [6.45, 7) is 2.06. The van der Waals surface area contributed by atoms with Crippen LogP contribution in [0.15, 0.2) is 11.4 Å². The van der Waals surface area contributed by atoms with Crippen molar-refractivity contribution in [1.29, 1.82) is 0 Å². The van der Waals surface area contributed by atoms with Gasteiger partial charge in [-0.25, -0.2) is 0 Å². The molecular formula is C10H14O4S. The van der Waals surface area contributed by atoms with Crippen LogP contribution in [0.3, 0.4) is 0 Å². The predicted molar refractivity (Wildman–Crippen MR) is 57.1 cm³/mol. The summed E-state index contributed by atoms with van der Waals surface area (Å²) < 4.78 is 9.80. The highest BCUT2D eigenvalue weighted by atomic mass is 32.1. The molecule has 15 heavy (non-hydrogen) atoms. The molecule has 5 heteroatoms. The van der Waals surface area contributed by atoms with Crippen molar-refractivity contribution in [2.45, 2.75) is 19.4 Å². The molecule has 0 radical (unpaired) electrons. The van der Waals surface area contributed by atoms with Crippen LogP contribution >= 0.6 is 11.3 Å². The Labute approximate surface area is 92.4 Å². The van der Waals surface area contributed by atoms with Crippen molar-refractivity contribution in [3.8, 4) is 5.75 Å². The Bertz CT molecular complexity index is 321. The van der Waals surface area contributed by atoms with Gasteiger partial charge in [0.05, 0.1) is 25.0 Å². The molecule has 1 rings (SSSR count). The molecule has 0 aliphatic rings. The number of hydrogen-bond donors (Lipinski definition) is 1. The summed E-state index contributed by atoms with van der Waals surface area (Å²) >= 11 is 1.36. The van der Waals surface area contributed by atoms with Crippen molar-refractivity contribution < 1.29 is 19.4 Å². The molecular weight excluding hydrogens is 216 g/mol. The third-order valence-corrected chi connectivity index (χ3v) is 2.84. The van der Waals surface area contributed by atoms with E-state index >= 15 is 0 Å². The number of aliphatic hydroxyl groups is 1. The van der Waals surface area contributed by atoms with Crippen LogP contribution in [0.4, 0.5) is 0 Å². The third kappa shape index (κ3) is 3.21. The van der Waals surface area contributed by atoms with E-state index in [1.165, 1.54) is 18.4 Å². The Morgan fingerprint density at radius 2 is 2.40 bits per heavy atom. The lowest BCUT2D eigenvalue weighted by Crippen LogP contribution is -2.09. The topological polar surface area (TPSA) is 55.8 Å². The standard InChI is InChI=1S/C10H14O4S/c1-3-14-9(12)6-7(11)10-8(13-2)4-5-15-10/h4-5,7,11H,3,6H2,1-2H3. The molecule has 0 spiro atoms. The van der Waals surface area contributed by atoms with Gasteiger partial charge in [0.1, 0.15) is 11.9 Å². The van der Waals surface area contributed by atoms with Crippen LogP contribution in [0, 0.1) is 0 Å². The largest absolute Gasteiger partial charge is 0.495 e. The summed E-state index contributed by atoms with van der Waals surface area (Å²) in [5.41, 5.74) is 0. The fourth-order valence-corrected chi connectivity index (χ4v) is 2.04. The molecule has 1 unspecified atom stereocenters. The molecule has 0 amide bonds. The first-order valence-electron chi connectivity index (χ1n) is 4.64. The zero-order valence-corrected chi connectivity index (χ0v) is 9.54. The van der Waals surface area contributed by atoms with Crippen LogP contribution in [0.5, 0.6) is 5.75 Å². The fraction of sp³-hybridized carbons (Fsp3) is 0.500. The summed E-state index contributed by atoms with van der Waals surface area (Å²) in [6.07, 6.45) is -0.885. The molecule has 1 aromatic heterocycles. The van der Waals surface area contributed by atoms with E-state index in [1.807, 2.05) is 5.38 Å². The van der Waals surface area contributed by atoms with E-state index < -0.39 is 12.1 Å². The van der Waals surface area contributed by atoms with Gasteiger partial charge in [0.2, 0.25) is 0 Å². The summed E-state index contributed by atoms with van der Waals surface area (Å²) in [5, 5.41) is 11.6. The van der Waals surface area contributed by atoms with Gasteiger partial charge in [-0.1, -0.05) is 0 Å². The quantitative estimate of drug-likeness (QED) is 0.783. The Kier molecular flexibility index (Phi) is 4.58. The molecule has 0 saturated carbocycles. The highest BCUT2D eigenvalue weighted by molar-refractivity contribution is 7.10. The molecule has 0 bridgehead atoms. The van der Waals surface area contributed by atoms with Crippen molar-refractivity contribution in [3.05, 3.63) is 16.3 Å². The summed E-state index contributed by atoms with van der Waals surface area (Å²) in [4.78, 5) is 11.8. The van der Waals surface area contributed by atoms with Crippen LogP contribution in [0.1, 0.15) is 24.3 Å². The minimum Gasteiger partial charge on any atom is -0.495 e. The Morgan fingerprint density at radius 3 is 3.00 bits per heavy atom. The Balaban J connectivity index is 2.60. The van der Waals surface area contributed by atoms with E-state index in [1.54, 1.807) is 13.0 Å². The number of aliphatic hydroxyl groups excluding tert-OH is 1. The van der Waals surface area contributed by atoms with E-state index in [-0.39, 0.29) is 6.42 Å². The molecule has 1 N–H and O–H groups in total. The second-order valence-electron chi connectivity index (χ2n) is 2.88. The van der Waals surface area contributed by atoms with Gasteiger partial charge in [0.25, 0.3) is 0 Å². The van der Waals surface area contributed by atoms with E-state index in [0.29, 0.717) is 17.2 Å². The smallest absolute Gasteiger partial charge is 0.308 e. The number of carbonyl (C=O) groups is 1. The highest BCUT2D eigenvalue weighted by Gasteiger charge is 2.18. The maximum atomic E-state index is 11.1. The minimum atomic E-state index is -0.848. The summed E-state index contributed by atoms with van der Waals surface area (Å²) in [7, 11) is 1.53. The molecule has 84 valence electrons. The monoisotopic (exact) mass is 230 g/mol. The van der Waals surface area contributed by atoms with Crippen LogP contribution in [0.2, 0.25) is 0 Å². The van der Waals surface area contributed by atoms with Gasteiger partial charge in [0, 0.05) is 0 Å². The van der Waals surface area contributed by atoms with Gasteiger partial charge in [0.15, 0.2) is 0 Å². The van der Waals surface area contributed by atoms with Crippen LogP contribution in [0.25, 0.3) is 0 Å². The van der Waals surface area contributed by atoms with Crippen LogP contribution < -0.4 is 4.74 Å². The third-order valence-electron chi connectivity index (χ3n) is 1.85. The summed E-state index contributed by atoms with van der Waals surface area (Å²) in [5.74, 6) is 0.206. The first-order valence-corrected chi connectivity index (χ1v) is 5.52.